The van der Waals surface area contributed by atoms with Gasteiger partial charge < -0.3 is 14.6 Å². The normalized spacial score (nSPS) is 31.4. The van der Waals surface area contributed by atoms with Crippen molar-refractivity contribution in [1.82, 2.24) is 0 Å². The molecule has 1 N–H and O–H groups in total. The van der Waals surface area contributed by atoms with Gasteiger partial charge in [-0.3, -0.25) is 14.4 Å². The number of esters is 1. The number of halogens is 2. The predicted molar refractivity (Wildman–Crippen MR) is 166 cm³/mol. The van der Waals surface area contributed by atoms with E-state index < -0.39 is 29.7 Å². The molecule has 2 aliphatic carbocycles. The van der Waals surface area contributed by atoms with E-state index in [0.29, 0.717) is 13.0 Å². The highest BCUT2D eigenvalue weighted by Gasteiger charge is 2.54. The molecule has 0 radical (unpaired) electrons. The second kappa shape index (κ2) is 15.5. The molecule has 0 aliphatic heterocycles. The third-order valence-corrected chi connectivity index (χ3v) is 9.34. The molecule has 0 amide bonds. The van der Waals surface area contributed by atoms with Crippen LogP contribution in [0.25, 0.3) is 0 Å². The van der Waals surface area contributed by atoms with Crippen LogP contribution in [0, 0.1) is 41.4 Å². The maximum Gasteiger partial charge on any atom is 0.316 e. The third-order valence-electron chi connectivity index (χ3n) is 8.81. The lowest BCUT2D eigenvalue weighted by atomic mass is 9.54. The fourth-order valence-corrected chi connectivity index (χ4v) is 7.01. The molecule has 0 saturated heterocycles. The maximum atomic E-state index is 13.4. The molecule has 0 heterocycles. The van der Waals surface area contributed by atoms with Crippen molar-refractivity contribution in [2.45, 2.75) is 65.5 Å². The maximum absolute atomic E-state index is 13.4. The van der Waals surface area contributed by atoms with Gasteiger partial charge in [0, 0.05) is 5.92 Å². The molecule has 1 aromatic carbocycles. The number of hydrogen-bond donors (Lipinski definition) is 1. The topological polar surface area (TPSA) is 89.9 Å². The standard InChI is InChI=1S/C34H44Cl2O6/c1-21(11-9-10-12-22(2)42-33(39)23(3)28(37)18-35)27-16-15-26-17-34(5,40)32(41-20-25-13-7-6-8-14-25)24(4)30(26)31(27)29(38)19-36/h6-16,21-24,26-27,30-32,40H,17-20H2,1-5H3/b11-9-,12-10+/t21-,22+,23+,24+,26-,27+,30-,31+,32-,34-/m1/s1. The molecule has 8 heteroatoms. The van der Waals surface area contributed by atoms with Gasteiger partial charge >= 0.3 is 5.97 Å². The summed E-state index contributed by atoms with van der Waals surface area (Å²) in [5.74, 6) is -2.59. The Balaban J connectivity index is 1.73. The molecular formula is C34H44Cl2O6. The summed E-state index contributed by atoms with van der Waals surface area (Å²) in [6.45, 7) is 9.58. The number of Topliss-reactive ketones (excluding diaryl/α,β-unsaturated/α-hetero) is 2. The molecule has 3 rings (SSSR count). The van der Waals surface area contributed by atoms with Crippen LogP contribution < -0.4 is 0 Å². The molecule has 42 heavy (non-hydrogen) atoms. The van der Waals surface area contributed by atoms with Crippen LogP contribution in [0.1, 0.15) is 46.6 Å². The molecule has 1 fully saturated rings. The first kappa shape index (κ1) is 34.2. The number of carbonyl (C=O) groups is 3. The van der Waals surface area contributed by atoms with Crippen LogP contribution in [0.3, 0.4) is 0 Å². The molecule has 1 aromatic rings. The smallest absolute Gasteiger partial charge is 0.316 e. The van der Waals surface area contributed by atoms with Crippen LogP contribution >= 0.6 is 23.2 Å². The lowest BCUT2D eigenvalue weighted by Crippen LogP contribution is -2.58. The summed E-state index contributed by atoms with van der Waals surface area (Å²) < 4.78 is 11.7. The van der Waals surface area contributed by atoms with Crippen LogP contribution in [-0.4, -0.2) is 52.2 Å². The number of ketones is 2. The molecule has 0 aromatic heterocycles. The van der Waals surface area contributed by atoms with Gasteiger partial charge in [0.1, 0.15) is 12.0 Å². The molecule has 2 aliphatic rings. The number of allylic oxidation sites excluding steroid dienone is 5. The number of benzene rings is 1. The summed E-state index contributed by atoms with van der Waals surface area (Å²) in [7, 11) is 0. The zero-order chi connectivity index (χ0) is 31.0. The van der Waals surface area contributed by atoms with Gasteiger partial charge in [0.15, 0.2) is 11.6 Å². The van der Waals surface area contributed by atoms with Crippen molar-refractivity contribution in [3.05, 3.63) is 72.4 Å². The molecule has 10 atom stereocenters. The Morgan fingerprint density at radius 1 is 1.05 bits per heavy atom. The van der Waals surface area contributed by atoms with Crippen molar-refractivity contribution in [2.75, 3.05) is 11.8 Å². The van der Waals surface area contributed by atoms with E-state index >= 15 is 0 Å². The van der Waals surface area contributed by atoms with Crippen LogP contribution in [0.5, 0.6) is 0 Å². The van der Waals surface area contributed by atoms with Gasteiger partial charge in [-0.25, -0.2) is 0 Å². The zero-order valence-electron chi connectivity index (χ0n) is 25.1. The van der Waals surface area contributed by atoms with Crippen LogP contribution in [0.4, 0.5) is 0 Å². The van der Waals surface area contributed by atoms with Crippen molar-refractivity contribution in [3.63, 3.8) is 0 Å². The predicted octanol–water partition coefficient (Wildman–Crippen LogP) is 6.33. The number of ether oxygens (including phenoxy) is 2. The fraction of sp³-hybridized carbons (Fsp3) is 0.559. The quantitative estimate of drug-likeness (QED) is 0.0913. The van der Waals surface area contributed by atoms with E-state index in [4.69, 9.17) is 32.7 Å². The zero-order valence-corrected chi connectivity index (χ0v) is 26.6. The summed E-state index contributed by atoms with van der Waals surface area (Å²) in [4.78, 5) is 37.2. The van der Waals surface area contributed by atoms with Crippen LogP contribution in [-0.2, 0) is 30.5 Å². The Hall–Kier alpha value is -2.25. The van der Waals surface area contributed by atoms with E-state index in [1.54, 1.807) is 19.1 Å². The average Bonchev–Trinajstić information content (AvgIpc) is 2.97. The van der Waals surface area contributed by atoms with Gasteiger partial charge in [-0.2, -0.15) is 0 Å². The lowest BCUT2D eigenvalue weighted by Gasteiger charge is -2.53. The van der Waals surface area contributed by atoms with Gasteiger partial charge in [0.2, 0.25) is 0 Å². The first-order valence-corrected chi connectivity index (χ1v) is 15.8. The Bertz CT molecular complexity index is 1160. The summed E-state index contributed by atoms with van der Waals surface area (Å²) in [5, 5.41) is 11.4. The first-order valence-electron chi connectivity index (χ1n) is 14.7. The van der Waals surface area contributed by atoms with E-state index in [1.807, 2.05) is 49.4 Å². The number of hydrogen-bond acceptors (Lipinski definition) is 6. The Morgan fingerprint density at radius 2 is 1.71 bits per heavy atom. The average molecular weight is 620 g/mol. The minimum Gasteiger partial charge on any atom is -0.458 e. The monoisotopic (exact) mass is 618 g/mol. The molecule has 0 bridgehead atoms. The molecule has 0 spiro atoms. The van der Waals surface area contributed by atoms with Crippen molar-refractivity contribution in [2.24, 2.45) is 41.4 Å². The molecule has 230 valence electrons. The van der Waals surface area contributed by atoms with Crippen molar-refractivity contribution >= 4 is 40.7 Å². The number of aliphatic hydroxyl groups is 1. The van der Waals surface area contributed by atoms with Gasteiger partial charge in [-0.1, -0.05) is 74.6 Å². The Morgan fingerprint density at radius 3 is 2.36 bits per heavy atom. The van der Waals surface area contributed by atoms with E-state index in [2.05, 4.69) is 26.0 Å². The van der Waals surface area contributed by atoms with Crippen molar-refractivity contribution in [3.8, 4) is 0 Å². The summed E-state index contributed by atoms with van der Waals surface area (Å²) in [6.07, 6.45) is 11.3. The SMILES string of the molecule is C[C@@H](C(=O)CCl)C(=O)O[C@@H](C)/C=C/C=C\[C@@H](C)[C@@H]1C=C[C@@H]2C[C@@](C)(O)[C@H](OCc3ccccc3)[C@@H](C)[C@H]2[C@@H]1C(=O)CCl. The van der Waals surface area contributed by atoms with Gasteiger partial charge in [-0.15, -0.1) is 23.2 Å². The number of carbonyl (C=O) groups excluding carboxylic acids is 3. The fourth-order valence-electron chi connectivity index (χ4n) is 6.60. The molecule has 6 nitrogen and oxygen atoms in total. The molecular weight excluding hydrogens is 575 g/mol. The van der Waals surface area contributed by atoms with Crippen LogP contribution in [0.15, 0.2) is 66.8 Å². The van der Waals surface area contributed by atoms with E-state index in [0.717, 1.165) is 5.56 Å². The first-order chi connectivity index (χ1) is 19.9. The second-order valence-corrected chi connectivity index (χ2v) is 12.6. The number of fused-ring (bicyclic) bond motifs is 1. The van der Waals surface area contributed by atoms with Gasteiger partial charge in [0.25, 0.3) is 0 Å². The molecule has 1 saturated carbocycles. The van der Waals surface area contributed by atoms with E-state index in [9.17, 15) is 19.5 Å². The highest BCUT2D eigenvalue weighted by atomic mass is 35.5. The minimum atomic E-state index is -1.04. The molecule has 0 unspecified atom stereocenters. The Kier molecular flexibility index (Phi) is 12.6. The van der Waals surface area contributed by atoms with E-state index in [-0.39, 0.29) is 58.8 Å². The van der Waals surface area contributed by atoms with Crippen molar-refractivity contribution < 1.29 is 29.0 Å². The number of rotatable bonds is 13. The van der Waals surface area contributed by atoms with E-state index in [1.165, 1.54) is 6.92 Å². The van der Waals surface area contributed by atoms with Gasteiger partial charge in [-0.05, 0) is 68.4 Å². The largest absolute Gasteiger partial charge is 0.458 e. The highest BCUT2D eigenvalue weighted by Crippen LogP contribution is 2.52. The highest BCUT2D eigenvalue weighted by molar-refractivity contribution is 6.29. The summed E-state index contributed by atoms with van der Waals surface area (Å²) in [5.41, 5.74) is -0.00123. The van der Waals surface area contributed by atoms with Gasteiger partial charge in [0.05, 0.1) is 30.1 Å². The minimum absolute atomic E-state index is 0.00755. The third kappa shape index (κ3) is 8.43. The van der Waals surface area contributed by atoms with Crippen molar-refractivity contribution in [1.29, 1.82) is 0 Å². The van der Waals surface area contributed by atoms with Crippen LogP contribution in [0.2, 0.25) is 0 Å². The Labute approximate surface area is 260 Å². The number of alkyl halides is 2. The lowest BCUT2D eigenvalue weighted by molar-refractivity contribution is -0.184. The summed E-state index contributed by atoms with van der Waals surface area (Å²) >= 11 is 11.7. The second-order valence-electron chi connectivity index (χ2n) is 12.1. The summed E-state index contributed by atoms with van der Waals surface area (Å²) in [6, 6.07) is 9.89.